The minimum atomic E-state index is 0.161. The van der Waals surface area contributed by atoms with Gasteiger partial charge in [0.05, 0.1) is 6.54 Å². The molecule has 1 heterocycles. The number of carbonyl (C=O) groups is 1. The highest BCUT2D eigenvalue weighted by molar-refractivity contribution is 5.95. The van der Waals surface area contributed by atoms with Crippen molar-refractivity contribution in [3.8, 4) is 0 Å². The standard InChI is InChI=1S/C12H17N3O/c1-14-6-7-15(12(16)9-14)11-4-2-10(8-13)3-5-11/h2-5H,6-9,13H2,1H3. The number of nitrogens with zero attached hydrogens (tertiary/aromatic N) is 2. The second-order valence-electron chi connectivity index (χ2n) is 4.15. The van der Waals surface area contributed by atoms with Crippen LogP contribution in [0.2, 0.25) is 0 Å². The van der Waals surface area contributed by atoms with Crippen LogP contribution in [0.3, 0.4) is 0 Å². The van der Waals surface area contributed by atoms with Crippen LogP contribution in [0.4, 0.5) is 5.69 Å². The highest BCUT2D eigenvalue weighted by atomic mass is 16.2. The van der Waals surface area contributed by atoms with Crippen LogP contribution in [0.25, 0.3) is 0 Å². The zero-order chi connectivity index (χ0) is 11.5. The third-order valence-corrected chi connectivity index (χ3v) is 2.90. The van der Waals surface area contributed by atoms with E-state index in [-0.39, 0.29) is 5.91 Å². The van der Waals surface area contributed by atoms with Gasteiger partial charge in [-0.15, -0.1) is 0 Å². The third kappa shape index (κ3) is 2.23. The molecule has 2 rings (SSSR count). The molecular weight excluding hydrogens is 202 g/mol. The van der Waals surface area contributed by atoms with Crippen molar-refractivity contribution < 1.29 is 4.79 Å². The van der Waals surface area contributed by atoms with Crippen LogP contribution in [-0.4, -0.2) is 37.5 Å². The van der Waals surface area contributed by atoms with E-state index in [1.165, 1.54) is 0 Å². The summed E-state index contributed by atoms with van der Waals surface area (Å²) in [5.74, 6) is 0.161. The lowest BCUT2D eigenvalue weighted by molar-refractivity contribution is -0.120. The molecule has 0 unspecified atom stereocenters. The van der Waals surface area contributed by atoms with Gasteiger partial charge in [-0.1, -0.05) is 12.1 Å². The molecule has 0 saturated carbocycles. The monoisotopic (exact) mass is 219 g/mol. The zero-order valence-corrected chi connectivity index (χ0v) is 9.52. The van der Waals surface area contributed by atoms with Gasteiger partial charge in [0.1, 0.15) is 0 Å². The number of nitrogens with two attached hydrogens (primary N) is 1. The molecule has 1 aromatic carbocycles. The van der Waals surface area contributed by atoms with Crippen LogP contribution >= 0.6 is 0 Å². The SMILES string of the molecule is CN1CCN(c2ccc(CN)cc2)C(=O)C1. The van der Waals surface area contributed by atoms with Gasteiger partial charge >= 0.3 is 0 Å². The van der Waals surface area contributed by atoms with Gasteiger partial charge < -0.3 is 10.6 Å². The van der Waals surface area contributed by atoms with Crippen LogP contribution < -0.4 is 10.6 Å². The van der Waals surface area contributed by atoms with E-state index < -0.39 is 0 Å². The minimum Gasteiger partial charge on any atom is -0.326 e. The summed E-state index contributed by atoms with van der Waals surface area (Å²) in [6.07, 6.45) is 0. The maximum absolute atomic E-state index is 11.8. The van der Waals surface area contributed by atoms with Crippen LogP contribution in [0.15, 0.2) is 24.3 Å². The molecule has 1 fully saturated rings. The Morgan fingerprint density at radius 2 is 1.94 bits per heavy atom. The van der Waals surface area contributed by atoms with E-state index in [2.05, 4.69) is 0 Å². The van der Waals surface area contributed by atoms with E-state index in [1.54, 1.807) is 0 Å². The fraction of sp³-hybridized carbons (Fsp3) is 0.417. The minimum absolute atomic E-state index is 0.161. The summed E-state index contributed by atoms with van der Waals surface area (Å²) in [6, 6.07) is 7.87. The van der Waals surface area contributed by atoms with Gasteiger partial charge in [-0.05, 0) is 24.7 Å². The van der Waals surface area contributed by atoms with Gasteiger partial charge in [0.2, 0.25) is 5.91 Å². The van der Waals surface area contributed by atoms with Gasteiger partial charge in [-0.3, -0.25) is 9.69 Å². The summed E-state index contributed by atoms with van der Waals surface area (Å²) >= 11 is 0. The summed E-state index contributed by atoms with van der Waals surface area (Å²) in [4.78, 5) is 15.7. The zero-order valence-electron chi connectivity index (χ0n) is 9.52. The van der Waals surface area contributed by atoms with Crippen molar-refractivity contribution in [2.45, 2.75) is 6.54 Å². The molecule has 0 aliphatic carbocycles. The van der Waals surface area contributed by atoms with Crippen LogP contribution in [-0.2, 0) is 11.3 Å². The molecule has 2 N–H and O–H groups in total. The maximum Gasteiger partial charge on any atom is 0.241 e. The Balaban J connectivity index is 2.14. The van der Waals surface area contributed by atoms with Gasteiger partial charge in [0.15, 0.2) is 0 Å². The van der Waals surface area contributed by atoms with Crippen molar-refractivity contribution in [3.05, 3.63) is 29.8 Å². The molecular formula is C12H17N3O. The number of hydrogen-bond acceptors (Lipinski definition) is 3. The number of piperazine rings is 1. The highest BCUT2D eigenvalue weighted by Gasteiger charge is 2.22. The molecule has 0 radical (unpaired) electrons. The average molecular weight is 219 g/mol. The first-order chi connectivity index (χ1) is 7.70. The predicted molar refractivity (Wildman–Crippen MR) is 64.2 cm³/mol. The Morgan fingerprint density at radius 1 is 1.25 bits per heavy atom. The van der Waals surface area contributed by atoms with E-state index >= 15 is 0 Å². The maximum atomic E-state index is 11.8. The van der Waals surface area contributed by atoms with Crippen molar-refractivity contribution in [1.82, 2.24) is 4.90 Å². The van der Waals surface area contributed by atoms with Crippen molar-refractivity contribution in [2.75, 3.05) is 31.6 Å². The Morgan fingerprint density at radius 3 is 2.50 bits per heavy atom. The first kappa shape index (κ1) is 11.1. The number of carbonyl (C=O) groups excluding carboxylic acids is 1. The van der Waals surface area contributed by atoms with E-state index in [0.29, 0.717) is 13.1 Å². The number of benzene rings is 1. The summed E-state index contributed by atoms with van der Waals surface area (Å²) < 4.78 is 0. The van der Waals surface area contributed by atoms with Gasteiger partial charge in [-0.25, -0.2) is 0 Å². The van der Waals surface area contributed by atoms with E-state index in [0.717, 1.165) is 24.3 Å². The summed E-state index contributed by atoms with van der Waals surface area (Å²) in [7, 11) is 1.97. The van der Waals surface area contributed by atoms with Crippen molar-refractivity contribution in [3.63, 3.8) is 0 Å². The molecule has 1 aliphatic rings. The Bertz CT molecular complexity index is 374. The average Bonchev–Trinajstić information content (AvgIpc) is 2.29. The van der Waals surface area contributed by atoms with E-state index in [9.17, 15) is 4.79 Å². The Labute approximate surface area is 95.6 Å². The molecule has 0 spiro atoms. The number of hydrogen-bond donors (Lipinski definition) is 1. The lowest BCUT2D eigenvalue weighted by atomic mass is 10.2. The summed E-state index contributed by atoms with van der Waals surface area (Å²) in [5.41, 5.74) is 7.59. The molecule has 4 nitrogen and oxygen atoms in total. The quantitative estimate of drug-likeness (QED) is 0.784. The molecule has 0 aromatic heterocycles. The second-order valence-corrected chi connectivity index (χ2v) is 4.15. The van der Waals surface area contributed by atoms with Crippen LogP contribution in [0, 0.1) is 0 Å². The molecule has 16 heavy (non-hydrogen) atoms. The van der Waals surface area contributed by atoms with Gasteiger partial charge in [0, 0.05) is 25.3 Å². The molecule has 1 aromatic rings. The van der Waals surface area contributed by atoms with E-state index in [1.807, 2.05) is 41.1 Å². The van der Waals surface area contributed by atoms with Crippen molar-refractivity contribution >= 4 is 11.6 Å². The number of rotatable bonds is 2. The fourth-order valence-electron chi connectivity index (χ4n) is 1.88. The largest absolute Gasteiger partial charge is 0.326 e. The first-order valence-electron chi connectivity index (χ1n) is 5.48. The molecule has 4 heteroatoms. The Hall–Kier alpha value is -1.39. The summed E-state index contributed by atoms with van der Waals surface area (Å²) in [6.45, 7) is 2.72. The number of amides is 1. The smallest absolute Gasteiger partial charge is 0.241 e. The van der Waals surface area contributed by atoms with Crippen LogP contribution in [0.1, 0.15) is 5.56 Å². The molecule has 1 amide bonds. The number of anilines is 1. The van der Waals surface area contributed by atoms with Crippen molar-refractivity contribution in [1.29, 1.82) is 0 Å². The van der Waals surface area contributed by atoms with Gasteiger partial charge in [0.25, 0.3) is 0 Å². The normalized spacial score (nSPS) is 17.9. The van der Waals surface area contributed by atoms with Crippen molar-refractivity contribution in [2.24, 2.45) is 5.73 Å². The number of likely N-dealkylation sites (N-methyl/N-ethyl adjacent to an activating group) is 1. The fourth-order valence-corrected chi connectivity index (χ4v) is 1.88. The van der Waals surface area contributed by atoms with Crippen LogP contribution in [0.5, 0.6) is 0 Å². The lowest BCUT2D eigenvalue weighted by Gasteiger charge is -2.32. The lowest BCUT2D eigenvalue weighted by Crippen LogP contribution is -2.48. The molecule has 0 atom stereocenters. The topological polar surface area (TPSA) is 49.6 Å². The summed E-state index contributed by atoms with van der Waals surface area (Å²) in [5, 5.41) is 0. The second kappa shape index (κ2) is 4.63. The first-order valence-corrected chi connectivity index (χ1v) is 5.48. The third-order valence-electron chi connectivity index (χ3n) is 2.90. The Kier molecular flexibility index (Phi) is 3.22. The van der Waals surface area contributed by atoms with E-state index in [4.69, 9.17) is 5.73 Å². The highest BCUT2D eigenvalue weighted by Crippen LogP contribution is 2.17. The molecule has 1 aliphatic heterocycles. The molecule has 86 valence electrons. The molecule has 1 saturated heterocycles. The molecule has 0 bridgehead atoms. The predicted octanol–water partition coefficient (Wildman–Crippen LogP) is 0.424. The van der Waals surface area contributed by atoms with Gasteiger partial charge in [-0.2, -0.15) is 0 Å².